The number of aliphatic hydroxyl groups excluding tert-OH is 1. The Hall–Kier alpha value is -5.02. The van der Waals surface area contributed by atoms with Crippen molar-refractivity contribution in [2.75, 3.05) is 64.0 Å². The average Bonchev–Trinajstić information content (AvgIpc) is 2.98. The highest BCUT2D eigenvalue weighted by atomic mass is 16.6. The summed E-state index contributed by atoms with van der Waals surface area (Å²) in [4.78, 5) is 69.7. The Morgan fingerprint density at radius 1 is 0.634 bits per heavy atom. The van der Waals surface area contributed by atoms with Crippen LogP contribution in [-0.2, 0) is 42.8 Å². The maximum absolute atomic E-state index is 12.0. The van der Waals surface area contributed by atoms with Crippen LogP contribution in [0.5, 0.6) is 0 Å². The van der Waals surface area contributed by atoms with Gasteiger partial charge in [-0.1, -0.05) is 0 Å². The van der Waals surface area contributed by atoms with Gasteiger partial charge < -0.3 is 38.8 Å². The first-order chi connectivity index (χ1) is 19.7. The fourth-order valence-corrected chi connectivity index (χ4v) is 2.78. The van der Waals surface area contributed by atoms with Crippen molar-refractivity contribution in [1.29, 1.82) is 0 Å². The maximum Gasteiger partial charge on any atom is 0.411 e. The molecule has 0 atom stereocenters. The van der Waals surface area contributed by atoms with Crippen molar-refractivity contribution >= 4 is 47.3 Å². The van der Waals surface area contributed by atoms with Crippen LogP contribution in [0.4, 0.5) is 16.2 Å². The van der Waals surface area contributed by atoms with Crippen LogP contribution in [0, 0.1) is 0 Å². The molecule has 0 aromatic heterocycles. The molecule has 220 valence electrons. The fraction of sp³-hybridized carbons (Fsp3) is 0.308. The van der Waals surface area contributed by atoms with Gasteiger partial charge in [0.15, 0.2) is 13.2 Å². The molecule has 0 radical (unpaired) electrons. The third-order valence-corrected chi connectivity index (χ3v) is 4.72. The highest BCUT2D eigenvalue weighted by Crippen LogP contribution is 2.12. The Morgan fingerprint density at radius 2 is 1.07 bits per heavy atom. The minimum absolute atomic E-state index is 0.0182. The second-order valence-electron chi connectivity index (χ2n) is 7.68. The first-order valence-corrected chi connectivity index (χ1v) is 11.9. The van der Waals surface area contributed by atoms with Crippen molar-refractivity contribution in [2.24, 2.45) is 0 Å². The van der Waals surface area contributed by atoms with Gasteiger partial charge in [0.2, 0.25) is 5.91 Å². The molecule has 41 heavy (non-hydrogen) atoms. The standard InChI is InChI=1S/C26H28N2O13/c1-36-26(35)28-20-8-4-18(5-9-20)25(34)41-16-23(32)39-13-11-37-10-12-38-22(31)15-40-24(33)17-2-6-19(7-3-17)27-21(30)14-29/h2-9,29H,10-16H2,1H3,(H,27,30)(H,28,35). The Balaban J connectivity index is 1.51. The van der Waals surface area contributed by atoms with E-state index in [-0.39, 0.29) is 37.6 Å². The Kier molecular flexibility index (Phi) is 13.8. The van der Waals surface area contributed by atoms with Crippen LogP contribution >= 0.6 is 0 Å². The SMILES string of the molecule is COC(=O)Nc1ccc(C(=O)OCC(=O)OCCOCCOC(=O)COC(=O)c2ccc(NC(=O)CO)cc2)cc1. The zero-order chi connectivity index (χ0) is 30.0. The number of benzene rings is 2. The molecule has 0 aliphatic heterocycles. The number of hydrogen-bond acceptors (Lipinski definition) is 13. The summed E-state index contributed by atoms with van der Waals surface area (Å²) in [5, 5.41) is 13.5. The third-order valence-electron chi connectivity index (χ3n) is 4.72. The number of anilines is 2. The molecule has 0 aliphatic carbocycles. The van der Waals surface area contributed by atoms with E-state index in [1.807, 2.05) is 0 Å². The molecule has 2 rings (SSSR count). The van der Waals surface area contributed by atoms with Gasteiger partial charge in [-0.2, -0.15) is 0 Å². The van der Waals surface area contributed by atoms with Gasteiger partial charge in [-0.15, -0.1) is 0 Å². The molecule has 15 nitrogen and oxygen atoms in total. The Bertz CT molecular complexity index is 1100. The molecule has 0 heterocycles. The summed E-state index contributed by atoms with van der Waals surface area (Å²) >= 11 is 0. The van der Waals surface area contributed by atoms with Crippen LogP contribution in [0.2, 0.25) is 0 Å². The number of amides is 2. The van der Waals surface area contributed by atoms with Crippen molar-refractivity contribution in [1.82, 2.24) is 0 Å². The number of ether oxygens (including phenoxy) is 6. The molecular weight excluding hydrogens is 548 g/mol. The molecule has 2 aromatic rings. The average molecular weight is 577 g/mol. The highest BCUT2D eigenvalue weighted by Gasteiger charge is 2.13. The lowest BCUT2D eigenvalue weighted by Gasteiger charge is -2.09. The van der Waals surface area contributed by atoms with E-state index in [2.05, 4.69) is 15.4 Å². The monoisotopic (exact) mass is 576 g/mol. The van der Waals surface area contributed by atoms with E-state index in [4.69, 9.17) is 28.8 Å². The third kappa shape index (κ3) is 12.6. The molecule has 0 spiro atoms. The quantitative estimate of drug-likeness (QED) is 0.154. The van der Waals surface area contributed by atoms with Gasteiger partial charge in [-0.25, -0.2) is 24.0 Å². The molecule has 2 aromatic carbocycles. The molecule has 0 fully saturated rings. The van der Waals surface area contributed by atoms with Crippen molar-refractivity contribution in [2.45, 2.75) is 0 Å². The van der Waals surface area contributed by atoms with E-state index in [1.54, 1.807) is 0 Å². The summed E-state index contributed by atoms with van der Waals surface area (Å²) in [5.74, 6) is -3.77. The highest BCUT2D eigenvalue weighted by molar-refractivity contribution is 5.94. The summed E-state index contributed by atoms with van der Waals surface area (Å²) in [6, 6.07) is 11.3. The molecule has 15 heteroatoms. The number of carbonyl (C=O) groups excluding carboxylic acids is 6. The smallest absolute Gasteiger partial charge is 0.411 e. The Labute approximate surface area is 233 Å². The van der Waals surface area contributed by atoms with Crippen LogP contribution in [0.3, 0.4) is 0 Å². The second-order valence-corrected chi connectivity index (χ2v) is 7.68. The van der Waals surface area contributed by atoms with Crippen LogP contribution < -0.4 is 10.6 Å². The summed E-state index contributed by atoms with van der Waals surface area (Å²) < 4.78 is 29.1. The maximum atomic E-state index is 12.0. The lowest BCUT2D eigenvalue weighted by molar-refractivity contribution is -0.150. The number of nitrogens with one attached hydrogen (secondary N) is 2. The lowest BCUT2D eigenvalue weighted by atomic mass is 10.2. The number of esters is 4. The number of carbonyl (C=O) groups is 6. The summed E-state index contributed by atoms with van der Waals surface area (Å²) in [6.07, 6.45) is -0.665. The van der Waals surface area contributed by atoms with E-state index < -0.39 is 55.7 Å². The summed E-state index contributed by atoms with van der Waals surface area (Å²) in [6.45, 7) is -2.26. The van der Waals surface area contributed by atoms with E-state index >= 15 is 0 Å². The fourth-order valence-electron chi connectivity index (χ4n) is 2.78. The molecule has 2 amide bonds. The number of hydrogen-bond donors (Lipinski definition) is 3. The van der Waals surface area contributed by atoms with Crippen LogP contribution in [0.25, 0.3) is 0 Å². The van der Waals surface area contributed by atoms with E-state index in [9.17, 15) is 28.8 Å². The van der Waals surface area contributed by atoms with Crippen LogP contribution in [0.1, 0.15) is 20.7 Å². The molecule has 3 N–H and O–H groups in total. The van der Waals surface area contributed by atoms with Gasteiger partial charge in [0, 0.05) is 11.4 Å². The minimum Gasteiger partial charge on any atom is -0.461 e. The van der Waals surface area contributed by atoms with Crippen molar-refractivity contribution < 1.29 is 62.3 Å². The van der Waals surface area contributed by atoms with Gasteiger partial charge >= 0.3 is 30.0 Å². The molecule has 0 bridgehead atoms. The zero-order valence-electron chi connectivity index (χ0n) is 21.9. The first kappa shape index (κ1) is 32.2. The molecule has 0 aliphatic rings. The molecular formula is C26H28N2O13. The van der Waals surface area contributed by atoms with Gasteiger partial charge in [0.1, 0.15) is 19.8 Å². The van der Waals surface area contributed by atoms with E-state index in [0.29, 0.717) is 11.4 Å². The predicted octanol–water partition coefficient (Wildman–Crippen LogP) is 0.913. The van der Waals surface area contributed by atoms with Crippen molar-refractivity contribution in [3.63, 3.8) is 0 Å². The van der Waals surface area contributed by atoms with Gasteiger partial charge in [0.05, 0.1) is 31.5 Å². The number of rotatable bonds is 15. The van der Waals surface area contributed by atoms with Crippen molar-refractivity contribution in [3.8, 4) is 0 Å². The number of methoxy groups -OCH3 is 1. The zero-order valence-corrected chi connectivity index (χ0v) is 21.9. The predicted molar refractivity (Wildman–Crippen MR) is 138 cm³/mol. The van der Waals surface area contributed by atoms with Crippen molar-refractivity contribution in [3.05, 3.63) is 59.7 Å². The molecule has 0 unspecified atom stereocenters. The van der Waals surface area contributed by atoms with Gasteiger partial charge in [-0.05, 0) is 48.5 Å². The van der Waals surface area contributed by atoms with E-state index in [1.165, 1.54) is 55.6 Å². The number of aliphatic hydroxyl groups is 1. The van der Waals surface area contributed by atoms with Crippen LogP contribution in [0.15, 0.2) is 48.5 Å². The molecule has 0 saturated carbocycles. The topological polar surface area (TPSA) is 202 Å². The first-order valence-electron chi connectivity index (χ1n) is 11.9. The van der Waals surface area contributed by atoms with E-state index in [0.717, 1.165) is 0 Å². The van der Waals surface area contributed by atoms with Crippen LogP contribution in [-0.4, -0.2) is 94.3 Å². The Morgan fingerprint density at radius 3 is 1.49 bits per heavy atom. The lowest BCUT2D eigenvalue weighted by Crippen LogP contribution is -2.20. The van der Waals surface area contributed by atoms with Gasteiger partial charge in [0.25, 0.3) is 0 Å². The molecule has 0 saturated heterocycles. The normalized spacial score (nSPS) is 10.1. The van der Waals surface area contributed by atoms with Gasteiger partial charge in [-0.3, -0.25) is 10.1 Å². The second kappa shape index (κ2) is 17.5. The summed E-state index contributed by atoms with van der Waals surface area (Å²) in [7, 11) is 1.21. The summed E-state index contributed by atoms with van der Waals surface area (Å²) in [5.41, 5.74) is 1.06. The largest absolute Gasteiger partial charge is 0.461 e. The minimum atomic E-state index is -0.809.